The minimum atomic E-state index is -4.79. The minimum absolute atomic E-state index is 0.0239. The van der Waals surface area contributed by atoms with Gasteiger partial charge in [-0.1, -0.05) is 18.2 Å². The molecule has 1 heterocycles. The van der Waals surface area contributed by atoms with E-state index in [1.165, 1.54) is 37.6 Å². The van der Waals surface area contributed by atoms with Crippen LogP contribution in [0.2, 0.25) is 0 Å². The van der Waals surface area contributed by atoms with Crippen molar-refractivity contribution in [2.75, 3.05) is 17.2 Å². The molecule has 0 aliphatic heterocycles. The van der Waals surface area contributed by atoms with Crippen LogP contribution in [-0.4, -0.2) is 40.7 Å². The number of rotatable bonds is 9. The number of anilines is 2. The number of carbonyl (C=O) groups is 1. The molecule has 0 spiro atoms. The molecular formula is C30H35F3N6O2. The molecule has 11 heteroatoms. The number of nitrogens with zero attached hydrogens (tertiary/aromatic N) is 3. The Bertz CT molecular complexity index is 1300. The molecule has 41 heavy (non-hydrogen) atoms. The molecule has 8 nitrogen and oxygen atoms in total. The van der Waals surface area contributed by atoms with Gasteiger partial charge in [-0.2, -0.15) is 10.2 Å². The van der Waals surface area contributed by atoms with Gasteiger partial charge < -0.3 is 20.7 Å². The number of Topliss-reactive ketones (excluding diaryl/α,β-unsaturated/α-hetero) is 1. The molecule has 0 saturated heterocycles. The number of nitriles is 1. The summed E-state index contributed by atoms with van der Waals surface area (Å²) < 4.78 is 42.5. The van der Waals surface area contributed by atoms with Gasteiger partial charge in [-0.3, -0.25) is 4.79 Å². The maximum Gasteiger partial charge on any atom is 0.573 e. The first-order valence-corrected chi connectivity index (χ1v) is 14.5. The van der Waals surface area contributed by atoms with Crippen molar-refractivity contribution in [3.05, 3.63) is 41.6 Å². The van der Waals surface area contributed by atoms with E-state index >= 15 is 0 Å². The van der Waals surface area contributed by atoms with Crippen molar-refractivity contribution >= 4 is 17.5 Å². The third kappa shape index (κ3) is 6.27. The lowest BCUT2D eigenvalue weighted by atomic mass is 9.47. The third-order valence-corrected chi connectivity index (χ3v) is 9.55. The van der Waals surface area contributed by atoms with Gasteiger partial charge in [0.05, 0.1) is 6.20 Å². The molecule has 0 radical (unpaired) electrons. The number of ketones is 1. The molecular weight excluding hydrogens is 533 g/mol. The van der Waals surface area contributed by atoms with Crippen LogP contribution in [0.4, 0.5) is 24.9 Å². The molecule has 3 N–H and O–H groups in total. The van der Waals surface area contributed by atoms with E-state index in [2.05, 4.69) is 36.7 Å². The van der Waals surface area contributed by atoms with Crippen molar-refractivity contribution in [1.82, 2.24) is 15.3 Å². The van der Waals surface area contributed by atoms with Crippen molar-refractivity contribution in [3.63, 3.8) is 0 Å². The molecule has 5 aliphatic carbocycles. The van der Waals surface area contributed by atoms with Crippen LogP contribution in [0, 0.1) is 34.5 Å². The predicted molar refractivity (Wildman–Crippen MR) is 146 cm³/mol. The SMILES string of the molecule is N#Cc1cnc(NCc2ccccc2OC(F)(F)F)nc1NC[C@@]12CC3C[C@H](C1)[C@@H](NC1CCC(=O)CC1)[C@@H](C3)C2. The number of hydrogen-bond acceptors (Lipinski definition) is 8. The van der Waals surface area contributed by atoms with Gasteiger partial charge in [0.15, 0.2) is 0 Å². The highest BCUT2D eigenvalue weighted by Gasteiger charge is 2.55. The first-order chi connectivity index (χ1) is 19.7. The standard InChI is InChI=1S/C30H35F3N6O2/c31-30(32,33)41-25-4-2-1-3-19(25)15-35-28-36-16-22(14-34)27(39-28)37-17-29-11-18-9-20(12-29)26(21(10-18)13-29)38-23-5-7-24(40)8-6-23/h1-4,16,18,20-21,23,26,38H,5-13,15,17H2,(H2,35,36,37,39)/t18?,20-,21+,26-,29+. The lowest BCUT2D eigenvalue weighted by molar-refractivity contribution is -0.274. The second-order valence-corrected chi connectivity index (χ2v) is 12.4. The molecule has 5 atom stereocenters. The topological polar surface area (TPSA) is 112 Å². The van der Waals surface area contributed by atoms with Crippen molar-refractivity contribution in [3.8, 4) is 11.8 Å². The van der Waals surface area contributed by atoms with Crippen LogP contribution in [0.3, 0.4) is 0 Å². The van der Waals surface area contributed by atoms with Gasteiger partial charge in [-0.05, 0) is 74.2 Å². The predicted octanol–water partition coefficient (Wildman–Crippen LogP) is 5.57. The smallest absolute Gasteiger partial charge is 0.405 e. The first-order valence-electron chi connectivity index (χ1n) is 14.5. The van der Waals surface area contributed by atoms with E-state index in [9.17, 15) is 23.2 Å². The summed E-state index contributed by atoms with van der Waals surface area (Å²) in [4.78, 5) is 20.4. The number of alkyl halides is 3. The molecule has 5 fully saturated rings. The molecule has 5 saturated carbocycles. The van der Waals surface area contributed by atoms with Crippen LogP contribution in [0.15, 0.2) is 30.5 Å². The third-order valence-electron chi connectivity index (χ3n) is 9.55. The van der Waals surface area contributed by atoms with Crippen molar-refractivity contribution in [1.29, 1.82) is 5.26 Å². The van der Waals surface area contributed by atoms with Gasteiger partial charge >= 0.3 is 6.36 Å². The number of benzene rings is 1. The highest BCUT2D eigenvalue weighted by Crippen LogP contribution is 2.60. The summed E-state index contributed by atoms with van der Waals surface area (Å²) in [6.45, 7) is 0.741. The fourth-order valence-electron chi connectivity index (χ4n) is 8.06. The Morgan fingerprint density at radius 3 is 2.51 bits per heavy atom. The van der Waals surface area contributed by atoms with E-state index in [-0.39, 0.29) is 23.7 Å². The van der Waals surface area contributed by atoms with E-state index in [0.29, 0.717) is 66.0 Å². The highest BCUT2D eigenvalue weighted by atomic mass is 19.4. The van der Waals surface area contributed by atoms with E-state index in [1.807, 2.05) is 0 Å². The Labute approximate surface area is 237 Å². The number of carbonyl (C=O) groups excluding carboxylic acids is 1. The minimum Gasteiger partial charge on any atom is -0.405 e. The molecule has 2 aromatic rings. The Hall–Kier alpha value is -3.39. The van der Waals surface area contributed by atoms with Crippen LogP contribution in [0.25, 0.3) is 0 Å². The number of halogens is 3. The Balaban J connectivity index is 1.10. The maximum atomic E-state index is 12.8. The maximum absolute atomic E-state index is 12.8. The van der Waals surface area contributed by atoms with Crippen LogP contribution in [-0.2, 0) is 11.3 Å². The molecule has 5 aliphatic rings. The molecule has 4 bridgehead atoms. The van der Waals surface area contributed by atoms with Crippen molar-refractivity contribution < 1.29 is 22.7 Å². The quantitative estimate of drug-likeness (QED) is 0.360. The number of hydrogen-bond donors (Lipinski definition) is 3. The highest BCUT2D eigenvalue weighted by molar-refractivity contribution is 5.79. The number of nitrogens with one attached hydrogen (secondary N) is 3. The molecule has 1 aromatic carbocycles. The zero-order valence-electron chi connectivity index (χ0n) is 22.8. The zero-order chi connectivity index (χ0) is 28.6. The van der Waals surface area contributed by atoms with Crippen molar-refractivity contribution in [2.24, 2.45) is 23.2 Å². The van der Waals surface area contributed by atoms with E-state index in [4.69, 9.17) is 0 Å². The Morgan fingerprint density at radius 2 is 1.80 bits per heavy atom. The van der Waals surface area contributed by atoms with E-state index < -0.39 is 6.36 Å². The molecule has 1 aromatic heterocycles. The average molecular weight is 569 g/mol. The second kappa shape index (κ2) is 11.1. The largest absolute Gasteiger partial charge is 0.573 e. The second-order valence-electron chi connectivity index (χ2n) is 12.4. The summed E-state index contributed by atoms with van der Waals surface area (Å²) in [5, 5.41) is 20.1. The lowest BCUT2D eigenvalue weighted by Crippen LogP contribution is -2.61. The zero-order valence-corrected chi connectivity index (χ0v) is 22.8. The molecule has 218 valence electrons. The summed E-state index contributed by atoms with van der Waals surface area (Å²) in [6.07, 6.45) is 5.88. The van der Waals surface area contributed by atoms with Gasteiger partial charge in [0, 0.05) is 43.6 Å². The van der Waals surface area contributed by atoms with Gasteiger partial charge in [0.1, 0.15) is 29.0 Å². The van der Waals surface area contributed by atoms with Gasteiger partial charge in [0.2, 0.25) is 5.95 Å². The molecule has 1 unspecified atom stereocenters. The van der Waals surface area contributed by atoms with Crippen LogP contribution >= 0.6 is 0 Å². The fraction of sp³-hybridized carbons (Fsp3) is 0.600. The average Bonchev–Trinajstić information content (AvgIpc) is 2.93. The normalized spacial score (nSPS) is 29.3. The van der Waals surface area contributed by atoms with Crippen LogP contribution in [0.1, 0.15) is 68.9 Å². The summed E-state index contributed by atoms with van der Waals surface area (Å²) >= 11 is 0. The van der Waals surface area contributed by atoms with E-state index in [1.54, 1.807) is 12.1 Å². The summed E-state index contributed by atoms with van der Waals surface area (Å²) in [7, 11) is 0. The van der Waals surface area contributed by atoms with E-state index in [0.717, 1.165) is 31.6 Å². The number of para-hydroxylation sites is 1. The van der Waals surface area contributed by atoms with Crippen molar-refractivity contribution in [2.45, 2.75) is 82.8 Å². The van der Waals surface area contributed by atoms with Gasteiger partial charge in [-0.15, -0.1) is 13.2 Å². The number of ether oxygens (including phenoxy) is 1. The van der Waals surface area contributed by atoms with Crippen LogP contribution in [0.5, 0.6) is 5.75 Å². The lowest BCUT2D eigenvalue weighted by Gasteiger charge is -2.61. The van der Waals surface area contributed by atoms with Gasteiger partial charge in [0.25, 0.3) is 0 Å². The van der Waals surface area contributed by atoms with Crippen LogP contribution < -0.4 is 20.7 Å². The molecule has 0 amide bonds. The summed E-state index contributed by atoms with van der Waals surface area (Å²) in [5.74, 6) is 2.72. The summed E-state index contributed by atoms with van der Waals surface area (Å²) in [6, 6.07) is 9.03. The summed E-state index contributed by atoms with van der Waals surface area (Å²) in [5.41, 5.74) is 0.785. The monoisotopic (exact) mass is 568 g/mol. The Morgan fingerprint density at radius 1 is 1.07 bits per heavy atom. The number of aromatic nitrogens is 2. The van der Waals surface area contributed by atoms with Gasteiger partial charge in [-0.25, -0.2) is 4.98 Å². The fourth-order valence-corrected chi connectivity index (χ4v) is 8.06. The first kappa shape index (κ1) is 27.8. The molecule has 7 rings (SSSR count). The Kier molecular flexibility index (Phi) is 7.53.